The van der Waals surface area contributed by atoms with Gasteiger partial charge in [-0.05, 0) is 32.1 Å². The third kappa shape index (κ3) is 9.67. The van der Waals surface area contributed by atoms with E-state index in [-0.39, 0.29) is 35.7 Å². The Morgan fingerprint density at radius 1 is 1.03 bits per heavy atom. The van der Waals surface area contributed by atoms with E-state index in [1.54, 1.807) is 18.2 Å². The minimum atomic E-state index is -0.909. The zero-order chi connectivity index (χ0) is 23.6. The van der Waals surface area contributed by atoms with Crippen LogP contribution in [0.15, 0.2) is 24.3 Å². The number of carbonyl (C=O) groups excluding carboxylic acids is 4. The highest BCUT2D eigenvalue weighted by atomic mass is 16.2. The lowest BCUT2D eigenvalue weighted by Gasteiger charge is -2.26. The maximum Gasteiger partial charge on any atom is 0.315 e. The van der Waals surface area contributed by atoms with Crippen molar-refractivity contribution in [1.29, 1.82) is 0 Å². The van der Waals surface area contributed by atoms with Crippen molar-refractivity contribution in [3.8, 4) is 0 Å². The number of rotatable bonds is 6. The van der Waals surface area contributed by atoms with Crippen molar-refractivity contribution in [2.45, 2.75) is 72.1 Å². The maximum atomic E-state index is 12.9. The smallest absolute Gasteiger partial charge is 0.315 e. The quantitative estimate of drug-likeness (QED) is 0.398. The lowest BCUT2D eigenvalue weighted by atomic mass is 10.0. The number of carbonyl (C=O) groups is 4. The molecule has 3 unspecified atom stereocenters. The molecule has 9 heteroatoms. The molecule has 5 amide bonds. The van der Waals surface area contributed by atoms with Gasteiger partial charge < -0.3 is 26.6 Å². The first-order valence-electron chi connectivity index (χ1n) is 10.8. The zero-order valence-corrected chi connectivity index (χ0v) is 19.3. The molecule has 174 valence electrons. The van der Waals surface area contributed by atoms with E-state index in [4.69, 9.17) is 0 Å². The van der Waals surface area contributed by atoms with Crippen molar-refractivity contribution in [3.63, 3.8) is 0 Å². The molecule has 31 heavy (non-hydrogen) atoms. The van der Waals surface area contributed by atoms with Crippen LogP contribution < -0.4 is 26.6 Å². The summed E-state index contributed by atoms with van der Waals surface area (Å²) in [7, 11) is 0. The molecule has 0 saturated carbocycles. The van der Waals surface area contributed by atoms with Crippen molar-refractivity contribution < 1.29 is 19.2 Å². The van der Waals surface area contributed by atoms with Gasteiger partial charge >= 0.3 is 6.03 Å². The molecule has 0 bridgehead atoms. The summed E-state index contributed by atoms with van der Waals surface area (Å²) in [6.07, 6.45) is 6.92. The average molecular weight is 436 g/mol. The Labute approximate surface area is 184 Å². The van der Waals surface area contributed by atoms with Gasteiger partial charge in [-0.1, -0.05) is 45.9 Å². The number of urea groups is 1. The van der Waals surface area contributed by atoms with Crippen molar-refractivity contribution in [2.24, 2.45) is 11.8 Å². The Bertz CT molecular complexity index is 700. The molecule has 0 saturated heterocycles. The van der Waals surface area contributed by atoms with Gasteiger partial charge in [-0.15, -0.1) is 0 Å². The molecule has 3 atom stereocenters. The van der Waals surface area contributed by atoms with Crippen LogP contribution in [0.1, 0.15) is 48.0 Å². The standard InChI is InChI=1S/C22H37N5O4/c1-13(2)16-10-11-18(28)23-12-8-7-9-17(20(29)25-16)26-21(30)19(14(3)4)27-22(31)24-15(5)6/h7,9-11,13-17,19H,8,12H2,1-6H3,(H,23,28)(H,25,29)(H,26,30)(H2,24,27,31). The first-order chi connectivity index (χ1) is 14.5. The fraction of sp³-hybridized carbons (Fsp3) is 0.636. The number of hydrogen-bond acceptors (Lipinski definition) is 4. The minimum Gasteiger partial charge on any atom is -0.352 e. The first kappa shape index (κ1) is 26.2. The Morgan fingerprint density at radius 3 is 2.29 bits per heavy atom. The van der Waals surface area contributed by atoms with E-state index < -0.39 is 24.0 Å². The Kier molecular flexibility index (Phi) is 10.8. The van der Waals surface area contributed by atoms with Crippen molar-refractivity contribution in [2.75, 3.05) is 6.54 Å². The molecule has 0 aromatic heterocycles. The van der Waals surface area contributed by atoms with Gasteiger partial charge in [-0.25, -0.2) is 4.79 Å². The molecule has 1 aliphatic heterocycles. The summed E-state index contributed by atoms with van der Waals surface area (Å²) in [6, 6.07) is -2.60. The van der Waals surface area contributed by atoms with Gasteiger partial charge in [0.25, 0.3) is 0 Å². The van der Waals surface area contributed by atoms with Crippen LogP contribution >= 0.6 is 0 Å². The SMILES string of the molecule is CC(C)NC(=O)NC(C(=O)NC1C=CCCNC(=O)C=CC(C(C)C)NC1=O)C(C)C. The summed E-state index contributed by atoms with van der Waals surface area (Å²) in [6.45, 7) is 11.6. The molecule has 9 nitrogen and oxygen atoms in total. The van der Waals surface area contributed by atoms with Gasteiger partial charge in [0.05, 0.1) is 0 Å². The summed E-state index contributed by atoms with van der Waals surface area (Å²) in [4.78, 5) is 49.7. The summed E-state index contributed by atoms with van der Waals surface area (Å²) in [5, 5.41) is 13.8. The fourth-order valence-electron chi connectivity index (χ4n) is 2.88. The number of hydrogen-bond donors (Lipinski definition) is 5. The fourth-order valence-corrected chi connectivity index (χ4v) is 2.88. The molecule has 0 radical (unpaired) electrons. The van der Waals surface area contributed by atoms with Crippen LogP contribution in [0.5, 0.6) is 0 Å². The third-order valence-corrected chi connectivity index (χ3v) is 4.66. The van der Waals surface area contributed by atoms with Gasteiger partial charge in [0.1, 0.15) is 12.1 Å². The van der Waals surface area contributed by atoms with Crippen LogP contribution in [0.25, 0.3) is 0 Å². The average Bonchev–Trinajstić information content (AvgIpc) is 2.65. The number of amides is 5. The van der Waals surface area contributed by atoms with Gasteiger partial charge in [0.2, 0.25) is 17.7 Å². The molecular weight excluding hydrogens is 398 g/mol. The summed E-state index contributed by atoms with van der Waals surface area (Å²) < 4.78 is 0. The van der Waals surface area contributed by atoms with E-state index in [1.165, 1.54) is 6.08 Å². The molecule has 0 aromatic carbocycles. The highest BCUT2D eigenvalue weighted by molar-refractivity contribution is 5.93. The summed E-state index contributed by atoms with van der Waals surface area (Å²) in [5.74, 6) is -1.19. The van der Waals surface area contributed by atoms with Crippen molar-refractivity contribution >= 4 is 23.8 Å². The second-order valence-corrected chi connectivity index (χ2v) is 8.63. The van der Waals surface area contributed by atoms with Crippen molar-refractivity contribution in [1.82, 2.24) is 26.6 Å². The van der Waals surface area contributed by atoms with Crippen molar-refractivity contribution in [3.05, 3.63) is 24.3 Å². The molecule has 1 heterocycles. The van der Waals surface area contributed by atoms with E-state index in [2.05, 4.69) is 26.6 Å². The van der Waals surface area contributed by atoms with Gasteiger partial charge in [0.15, 0.2) is 0 Å². The van der Waals surface area contributed by atoms with Crippen LogP contribution in [0.4, 0.5) is 4.79 Å². The normalized spacial score (nSPS) is 21.1. The molecular formula is C22H37N5O4. The van der Waals surface area contributed by atoms with E-state index >= 15 is 0 Å². The van der Waals surface area contributed by atoms with Crippen LogP contribution in [-0.2, 0) is 14.4 Å². The van der Waals surface area contributed by atoms with Gasteiger partial charge in [0, 0.05) is 24.7 Å². The second-order valence-electron chi connectivity index (χ2n) is 8.63. The lowest BCUT2D eigenvalue weighted by molar-refractivity contribution is -0.129. The second kappa shape index (κ2) is 12.8. The lowest BCUT2D eigenvalue weighted by Crippen LogP contribution is -2.57. The Morgan fingerprint density at radius 2 is 1.71 bits per heavy atom. The molecule has 0 aromatic rings. The van der Waals surface area contributed by atoms with E-state index in [9.17, 15) is 19.2 Å². The molecule has 1 aliphatic rings. The molecule has 0 spiro atoms. The largest absolute Gasteiger partial charge is 0.352 e. The molecule has 0 aliphatic carbocycles. The summed E-state index contributed by atoms with van der Waals surface area (Å²) >= 11 is 0. The van der Waals surface area contributed by atoms with E-state index in [0.29, 0.717) is 13.0 Å². The van der Waals surface area contributed by atoms with Gasteiger partial charge in [-0.2, -0.15) is 0 Å². The summed E-state index contributed by atoms with van der Waals surface area (Å²) in [5.41, 5.74) is 0. The first-order valence-corrected chi connectivity index (χ1v) is 10.8. The van der Waals surface area contributed by atoms with Crippen LogP contribution in [0.2, 0.25) is 0 Å². The predicted octanol–water partition coefficient (Wildman–Crippen LogP) is 0.977. The Balaban J connectivity index is 2.99. The van der Waals surface area contributed by atoms with E-state index in [0.717, 1.165) is 0 Å². The van der Waals surface area contributed by atoms with Crippen LogP contribution in [0.3, 0.4) is 0 Å². The Hall–Kier alpha value is -2.84. The zero-order valence-electron chi connectivity index (χ0n) is 19.3. The molecule has 0 fully saturated rings. The molecule has 5 N–H and O–H groups in total. The maximum absolute atomic E-state index is 12.9. The minimum absolute atomic E-state index is 0.0427. The van der Waals surface area contributed by atoms with Crippen LogP contribution in [0, 0.1) is 11.8 Å². The number of nitrogens with one attached hydrogen (secondary N) is 5. The highest BCUT2D eigenvalue weighted by Crippen LogP contribution is 2.07. The predicted molar refractivity (Wildman–Crippen MR) is 120 cm³/mol. The van der Waals surface area contributed by atoms with E-state index in [1.807, 2.05) is 41.5 Å². The monoisotopic (exact) mass is 435 g/mol. The topological polar surface area (TPSA) is 128 Å². The highest BCUT2D eigenvalue weighted by Gasteiger charge is 2.29. The van der Waals surface area contributed by atoms with Gasteiger partial charge in [-0.3, -0.25) is 14.4 Å². The third-order valence-electron chi connectivity index (χ3n) is 4.66. The molecule has 1 rings (SSSR count). The van der Waals surface area contributed by atoms with Crippen LogP contribution in [-0.4, -0.2) is 54.5 Å².